The molecule has 0 aliphatic carbocycles. The smallest absolute Gasteiger partial charge is 0.276 e. The molecule has 6 rings (SSSR count). The molecular weight excluding hydrogens is 498 g/mol. The van der Waals surface area contributed by atoms with Gasteiger partial charge in [0.05, 0.1) is 10.2 Å². The van der Waals surface area contributed by atoms with Gasteiger partial charge in [0.15, 0.2) is 5.69 Å². The minimum Gasteiger partial charge on any atom is -0.312 e. The molecule has 1 aliphatic heterocycles. The number of amides is 1. The third-order valence-electron chi connectivity index (χ3n) is 6.07. The van der Waals surface area contributed by atoms with E-state index in [2.05, 4.69) is 51.7 Å². The molecule has 0 bridgehead atoms. The highest BCUT2D eigenvalue weighted by atomic mass is 35.5. The Morgan fingerprint density at radius 3 is 2.63 bits per heavy atom. The lowest BCUT2D eigenvalue weighted by Gasteiger charge is -2.27. The van der Waals surface area contributed by atoms with Crippen LogP contribution < -0.4 is 5.32 Å². The van der Waals surface area contributed by atoms with Crippen molar-refractivity contribution in [1.29, 1.82) is 0 Å². The summed E-state index contributed by atoms with van der Waals surface area (Å²) in [5, 5.41) is 9.26. The van der Waals surface area contributed by atoms with Crippen LogP contribution in [0.15, 0.2) is 66.9 Å². The first-order valence-corrected chi connectivity index (χ1v) is 12.8. The lowest BCUT2D eigenvalue weighted by atomic mass is 10.0. The maximum Gasteiger partial charge on any atom is 0.276 e. The van der Waals surface area contributed by atoms with E-state index in [4.69, 9.17) is 4.98 Å². The normalized spacial score (nSPS) is 13.4. The van der Waals surface area contributed by atoms with Gasteiger partial charge in [-0.05, 0) is 35.7 Å². The number of carbonyl (C=O) groups excluding carboxylic acids is 1. The first-order chi connectivity index (χ1) is 16.6. The van der Waals surface area contributed by atoms with Crippen molar-refractivity contribution < 1.29 is 4.79 Å². The molecule has 2 aromatic carbocycles. The van der Waals surface area contributed by atoms with Crippen LogP contribution in [0.1, 0.15) is 26.5 Å². The quantitative estimate of drug-likeness (QED) is 0.308. The number of para-hydroxylation sites is 1. The van der Waals surface area contributed by atoms with Crippen molar-refractivity contribution in [2.24, 2.45) is 7.05 Å². The zero-order valence-electron chi connectivity index (χ0n) is 19.1. The number of rotatable bonds is 5. The monoisotopic (exact) mass is 521 g/mol. The van der Waals surface area contributed by atoms with Gasteiger partial charge in [0.2, 0.25) is 0 Å². The first-order valence-electron chi connectivity index (χ1n) is 11.2. The molecule has 3 aromatic heterocycles. The fourth-order valence-electron chi connectivity index (χ4n) is 4.43. The van der Waals surface area contributed by atoms with Crippen molar-refractivity contribution in [2.45, 2.75) is 19.5 Å². The summed E-state index contributed by atoms with van der Waals surface area (Å²) in [6.07, 6.45) is 2.72. The summed E-state index contributed by atoms with van der Waals surface area (Å²) in [5.74, 6) is -0.192. The Morgan fingerprint density at radius 1 is 1.06 bits per heavy atom. The van der Waals surface area contributed by atoms with Gasteiger partial charge in [0.25, 0.3) is 5.91 Å². The molecule has 9 heteroatoms. The molecule has 0 saturated heterocycles. The standard InChI is InChI=1S/C26H23N5OS2.ClH/c1-30-13-12-20(29-30)24(32)28-26-23(25-27-19-9-5-6-10-21(19)33-25)18-11-14-31(16-22(18)34-26)15-17-7-3-2-4-8-17;/h2-10,12-13H,11,14-16H2,1H3,(H,28,32);1H. The third-order valence-corrected chi connectivity index (χ3v) is 8.25. The van der Waals surface area contributed by atoms with E-state index in [0.29, 0.717) is 5.69 Å². The predicted molar refractivity (Wildman–Crippen MR) is 146 cm³/mol. The first kappa shape index (κ1) is 23.7. The van der Waals surface area contributed by atoms with Gasteiger partial charge >= 0.3 is 0 Å². The number of aromatic nitrogens is 3. The van der Waals surface area contributed by atoms with E-state index in [0.717, 1.165) is 51.8 Å². The van der Waals surface area contributed by atoms with Gasteiger partial charge in [-0.2, -0.15) is 5.10 Å². The fourth-order valence-corrected chi connectivity index (χ4v) is 6.83. The zero-order valence-corrected chi connectivity index (χ0v) is 21.6. The number of hydrogen-bond donors (Lipinski definition) is 1. The average Bonchev–Trinajstić information content (AvgIpc) is 3.55. The van der Waals surface area contributed by atoms with Gasteiger partial charge < -0.3 is 5.32 Å². The fraction of sp³-hybridized carbons (Fsp3) is 0.192. The molecule has 0 fully saturated rings. The van der Waals surface area contributed by atoms with Crippen LogP contribution >= 0.6 is 35.1 Å². The van der Waals surface area contributed by atoms with Crippen LogP contribution in [0.25, 0.3) is 20.8 Å². The number of nitrogens with zero attached hydrogens (tertiary/aromatic N) is 4. The van der Waals surface area contributed by atoms with E-state index in [1.165, 1.54) is 16.0 Å². The topological polar surface area (TPSA) is 63.1 Å². The minimum atomic E-state index is -0.192. The maximum atomic E-state index is 13.0. The number of thiophene rings is 1. The minimum absolute atomic E-state index is 0. The van der Waals surface area contributed by atoms with Gasteiger partial charge in [-0.3, -0.25) is 14.4 Å². The van der Waals surface area contributed by atoms with Crippen molar-refractivity contribution in [1.82, 2.24) is 19.7 Å². The molecular formula is C26H24ClN5OS2. The van der Waals surface area contributed by atoms with E-state index in [1.807, 2.05) is 25.2 Å². The Labute approximate surface area is 217 Å². The number of halogens is 1. The molecule has 178 valence electrons. The number of aryl methyl sites for hydroxylation is 1. The molecule has 0 saturated carbocycles. The zero-order chi connectivity index (χ0) is 23.1. The van der Waals surface area contributed by atoms with Crippen LogP contribution in [0.2, 0.25) is 0 Å². The summed E-state index contributed by atoms with van der Waals surface area (Å²) in [5.41, 5.74) is 5.10. The van der Waals surface area contributed by atoms with Crippen LogP contribution in [0.4, 0.5) is 5.00 Å². The molecule has 4 heterocycles. The van der Waals surface area contributed by atoms with E-state index in [-0.39, 0.29) is 18.3 Å². The van der Waals surface area contributed by atoms with Crippen molar-refractivity contribution in [3.8, 4) is 10.6 Å². The van der Waals surface area contributed by atoms with Crippen molar-refractivity contribution >= 4 is 56.2 Å². The number of thiazole rings is 1. The SMILES string of the molecule is Cl.Cn1ccc(C(=O)Nc2sc3c(c2-c2nc4ccccc4s2)CCN(Cc2ccccc2)C3)n1. The number of anilines is 1. The lowest BCUT2D eigenvalue weighted by molar-refractivity contribution is 0.102. The van der Waals surface area contributed by atoms with Crippen LogP contribution in [-0.4, -0.2) is 32.1 Å². The van der Waals surface area contributed by atoms with Crippen LogP contribution in [0.5, 0.6) is 0 Å². The average molecular weight is 522 g/mol. The molecule has 1 aliphatic rings. The van der Waals surface area contributed by atoms with Gasteiger partial charge in [-0.1, -0.05) is 42.5 Å². The van der Waals surface area contributed by atoms with Crippen LogP contribution in [0, 0.1) is 0 Å². The number of nitrogens with one attached hydrogen (secondary N) is 1. The second-order valence-electron chi connectivity index (χ2n) is 8.47. The summed E-state index contributed by atoms with van der Waals surface area (Å²) in [4.78, 5) is 21.7. The summed E-state index contributed by atoms with van der Waals surface area (Å²) >= 11 is 3.35. The molecule has 0 radical (unpaired) electrons. The van der Waals surface area contributed by atoms with Gasteiger partial charge in [0, 0.05) is 43.3 Å². The Balaban J connectivity index is 0.00000253. The second-order valence-corrected chi connectivity index (χ2v) is 10.6. The molecule has 35 heavy (non-hydrogen) atoms. The summed E-state index contributed by atoms with van der Waals surface area (Å²) in [7, 11) is 1.81. The van der Waals surface area contributed by atoms with Gasteiger partial charge in [-0.25, -0.2) is 4.98 Å². The van der Waals surface area contributed by atoms with Crippen molar-refractivity contribution in [3.05, 3.63) is 88.6 Å². The Hall–Kier alpha value is -3.04. The second kappa shape index (κ2) is 9.91. The Morgan fingerprint density at radius 2 is 1.86 bits per heavy atom. The third kappa shape index (κ3) is 4.75. The Kier molecular flexibility index (Phi) is 6.71. The summed E-state index contributed by atoms with van der Waals surface area (Å²) in [6.45, 7) is 2.76. The molecule has 0 unspecified atom stereocenters. The largest absolute Gasteiger partial charge is 0.312 e. The predicted octanol–water partition coefficient (Wildman–Crippen LogP) is 5.99. The van der Waals surface area contributed by atoms with E-state index in [9.17, 15) is 4.79 Å². The van der Waals surface area contributed by atoms with Crippen LogP contribution in [0.3, 0.4) is 0 Å². The van der Waals surface area contributed by atoms with Gasteiger partial charge in [0.1, 0.15) is 10.0 Å². The van der Waals surface area contributed by atoms with E-state index >= 15 is 0 Å². The Bertz CT molecular complexity index is 1460. The van der Waals surface area contributed by atoms with Gasteiger partial charge in [-0.15, -0.1) is 35.1 Å². The molecule has 0 spiro atoms. The molecule has 5 aromatic rings. The van der Waals surface area contributed by atoms with E-state index < -0.39 is 0 Å². The van der Waals surface area contributed by atoms with Crippen LogP contribution in [-0.2, 0) is 26.6 Å². The number of benzene rings is 2. The number of carbonyl (C=O) groups is 1. The molecule has 6 nitrogen and oxygen atoms in total. The maximum absolute atomic E-state index is 13.0. The number of fused-ring (bicyclic) bond motifs is 2. The lowest BCUT2D eigenvalue weighted by Crippen LogP contribution is -2.29. The molecule has 1 N–H and O–H groups in total. The highest BCUT2D eigenvalue weighted by molar-refractivity contribution is 7.23. The number of hydrogen-bond acceptors (Lipinski definition) is 6. The molecule has 1 amide bonds. The summed E-state index contributed by atoms with van der Waals surface area (Å²) < 4.78 is 2.80. The highest BCUT2D eigenvalue weighted by Gasteiger charge is 2.28. The summed E-state index contributed by atoms with van der Waals surface area (Å²) in [6, 6.07) is 20.5. The highest BCUT2D eigenvalue weighted by Crippen LogP contribution is 2.46. The van der Waals surface area contributed by atoms with Crippen molar-refractivity contribution in [2.75, 3.05) is 11.9 Å². The van der Waals surface area contributed by atoms with Crippen molar-refractivity contribution in [3.63, 3.8) is 0 Å². The molecule has 0 atom stereocenters. The van der Waals surface area contributed by atoms with E-state index in [1.54, 1.807) is 39.6 Å².